The maximum Gasteiger partial charge on any atom is 0.236 e. The van der Waals surface area contributed by atoms with E-state index >= 15 is 0 Å². The van der Waals surface area contributed by atoms with Gasteiger partial charge in [0.1, 0.15) is 12.4 Å². The van der Waals surface area contributed by atoms with Crippen LogP contribution in [-0.2, 0) is 20.9 Å². The first-order chi connectivity index (χ1) is 16.9. The van der Waals surface area contributed by atoms with Gasteiger partial charge in [0.15, 0.2) is 0 Å². The summed E-state index contributed by atoms with van der Waals surface area (Å²) < 4.78 is 6.11. The molecule has 0 N–H and O–H groups in total. The molecule has 3 heterocycles. The van der Waals surface area contributed by atoms with Gasteiger partial charge in [-0.1, -0.05) is 30.4 Å². The summed E-state index contributed by atoms with van der Waals surface area (Å²) in [5.41, 5.74) is 1.08. The third-order valence-electron chi connectivity index (χ3n) is 7.55. The second-order valence-electron chi connectivity index (χ2n) is 10.1. The van der Waals surface area contributed by atoms with Crippen LogP contribution in [0.2, 0.25) is 0 Å². The van der Waals surface area contributed by atoms with Crippen LogP contribution >= 0.6 is 0 Å². The summed E-state index contributed by atoms with van der Waals surface area (Å²) in [6.07, 6.45) is 6.31. The number of amides is 3. The molecule has 0 unspecified atom stereocenters. The molecule has 2 bridgehead atoms. The fourth-order valence-electron chi connectivity index (χ4n) is 5.22. The minimum atomic E-state index is 0.111. The van der Waals surface area contributed by atoms with Gasteiger partial charge in [-0.05, 0) is 38.2 Å². The van der Waals surface area contributed by atoms with Crippen LogP contribution in [-0.4, -0.2) is 96.3 Å². The third kappa shape index (κ3) is 6.42. The Morgan fingerprint density at radius 1 is 1.11 bits per heavy atom. The van der Waals surface area contributed by atoms with Crippen LogP contribution in [0.4, 0.5) is 0 Å². The number of carbonyl (C=O) groups is 3. The molecule has 2 fully saturated rings. The Balaban J connectivity index is 1.48. The van der Waals surface area contributed by atoms with Crippen LogP contribution in [0.15, 0.2) is 36.4 Å². The lowest BCUT2D eigenvalue weighted by Crippen LogP contribution is -2.50. The van der Waals surface area contributed by atoms with Crippen molar-refractivity contribution in [1.82, 2.24) is 19.6 Å². The van der Waals surface area contributed by atoms with Crippen molar-refractivity contribution in [3.8, 4) is 5.75 Å². The van der Waals surface area contributed by atoms with Crippen molar-refractivity contribution >= 4 is 18.2 Å². The standard InChI is InChI=1S/C27H38N4O4/c1-21(2)31-18-24-6-3-4-8-25(24)35-15-5-7-23-17-30(27(34)19-31)10-9-22(23)16-26(33)29-13-11-28(20-32)12-14-29/h3-8,20-23H,9-19H2,1-2H3/b7-5+/t22-,23-/m0/s1. The summed E-state index contributed by atoms with van der Waals surface area (Å²) in [4.78, 5) is 45.1. The molecule has 0 radical (unpaired) electrons. The summed E-state index contributed by atoms with van der Waals surface area (Å²) in [7, 11) is 0. The molecule has 35 heavy (non-hydrogen) atoms. The van der Waals surface area contributed by atoms with Gasteiger partial charge in [0.2, 0.25) is 18.2 Å². The van der Waals surface area contributed by atoms with Gasteiger partial charge in [-0.3, -0.25) is 19.3 Å². The topological polar surface area (TPSA) is 73.4 Å². The van der Waals surface area contributed by atoms with E-state index < -0.39 is 0 Å². The van der Waals surface area contributed by atoms with Crippen molar-refractivity contribution in [3.05, 3.63) is 42.0 Å². The first-order valence-corrected chi connectivity index (χ1v) is 12.8. The fourth-order valence-corrected chi connectivity index (χ4v) is 5.22. The Bertz CT molecular complexity index is 926. The van der Waals surface area contributed by atoms with E-state index in [1.54, 1.807) is 4.90 Å². The van der Waals surface area contributed by atoms with Crippen LogP contribution in [0, 0.1) is 11.8 Å². The number of fused-ring (bicyclic) bond motifs is 3. The first kappa shape index (κ1) is 25.2. The Hall–Kier alpha value is -2.87. The molecule has 2 saturated heterocycles. The highest BCUT2D eigenvalue weighted by Crippen LogP contribution is 2.30. The van der Waals surface area contributed by atoms with Gasteiger partial charge in [0.25, 0.3) is 0 Å². The van der Waals surface area contributed by atoms with Gasteiger partial charge in [0, 0.05) is 63.8 Å². The fraction of sp³-hybridized carbons (Fsp3) is 0.593. The number of nitrogens with zero attached hydrogens (tertiary/aromatic N) is 4. The van der Waals surface area contributed by atoms with E-state index in [9.17, 15) is 14.4 Å². The Kier molecular flexibility index (Phi) is 8.44. The van der Waals surface area contributed by atoms with Crippen LogP contribution in [0.25, 0.3) is 0 Å². The second kappa shape index (κ2) is 11.7. The van der Waals surface area contributed by atoms with Crippen LogP contribution in [0.1, 0.15) is 32.3 Å². The lowest BCUT2D eigenvalue weighted by Gasteiger charge is -2.39. The molecule has 3 aliphatic rings. The number of hydrogen-bond donors (Lipinski definition) is 0. The lowest BCUT2D eigenvalue weighted by molar-refractivity contribution is -0.138. The van der Waals surface area contributed by atoms with Crippen molar-refractivity contribution in [2.75, 3.05) is 52.4 Å². The highest BCUT2D eigenvalue weighted by molar-refractivity contribution is 5.79. The van der Waals surface area contributed by atoms with Gasteiger partial charge in [-0.15, -0.1) is 0 Å². The summed E-state index contributed by atoms with van der Waals surface area (Å²) in [5.74, 6) is 1.43. The van der Waals surface area contributed by atoms with Gasteiger partial charge in [-0.25, -0.2) is 0 Å². The summed E-state index contributed by atoms with van der Waals surface area (Å²) in [5, 5.41) is 0. The number of piperidine rings is 1. The molecule has 1 aromatic carbocycles. The number of ether oxygens (including phenoxy) is 1. The predicted molar refractivity (Wildman–Crippen MR) is 134 cm³/mol. The highest BCUT2D eigenvalue weighted by atomic mass is 16.5. The molecule has 8 heteroatoms. The minimum Gasteiger partial charge on any atom is -0.489 e. The summed E-state index contributed by atoms with van der Waals surface area (Å²) in [6.45, 7) is 9.40. The van der Waals surface area contributed by atoms with Crippen molar-refractivity contribution in [2.24, 2.45) is 11.8 Å². The monoisotopic (exact) mass is 482 g/mol. The normalized spacial score (nSPS) is 25.1. The van der Waals surface area contributed by atoms with E-state index in [2.05, 4.69) is 30.9 Å². The van der Waals surface area contributed by atoms with Gasteiger partial charge in [0.05, 0.1) is 6.54 Å². The number of hydrogen-bond acceptors (Lipinski definition) is 5. The Labute approximate surface area is 208 Å². The molecule has 0 spiro atoms. The second-order valence-corrected chi connectivity index (χ2v) is 10.1. The molecule has 2 atom stereocenters. The van der Waals surface area contributed by atoms with E-state index in [4.69, 9.17) is 4.74 Å². The van der Waals surface area contributed by atoms with E-state index in [0.29, 0.717) is 65.4 Å². The highest BCUT2D eigenvalue weighted by Gasteiger charge is 2.33. The van der Waals surface area contributed by atoms with Gasteiger partial charge in [-0.2, -0.15) is 0 Å². The molecule has 0 aliphatic carbocycles. The van der Waals surface area contributed by atoms with E-state index in [0.717, 1.165) is 24.1 Å². The SMILES string of the molecule is CC(C)N1CC(=O)N2CC[C@@H](CC(=O)N3CCN(C=O)CC3)[C@@H](/C=C/COc3ccccc3C1)C2. The Morgan fingerprint density at radius 3 is 2.63 bits per heavy atom. The molecule has 3 amide bonds. The first-order valence-electron chi connectivity index (χ1n) is 12.8. The average Bonchev–Trinajstić information content (AvgIpc) is 2.88. The number of benzene rings is 1. The zero-order valence-corrected chi connectivity index (χ0v) is 21.0. The zero-order valence-electron chi connectivity index (χ0n) is 21.0. The maximum absolute atomic E-state index is 13.3. The van der Waals surface area contributed by atoms with Crippen LogP contribution < -0.4 is 4.74 Å². The number of piperazine rings is 1. The molecule has 0 aromatic heterocycles. The molecule has 190 valence electrons. The molecule has 1 aromatic rings. The quantitative estimate of drug-likeness (QED) is 0.485. The molecule has 4 rings (SSSR count). The van der Waals surface area contributed by atoms with E-state index in [1.165, 1.54) is 0 Å². The van der Waals surface area contributed by atoms with Crippen molar-refractivity contribution < 1.29 is 19.1 Å². The lowest BCUT2D eigenvalue weighted by atomic mass is 9.82. The van der Waals surface area contributed by atoms with Gasteiger partial charge < -0.3 is 19.4 Å². The molecular weight excluding hydrogens is 444 g/mol. The van der Waals surface area contributed by atoms with Gasteiger partial charge >= 0.3 is 0 Å². The van der Waals surface area contributed by atoms with Crippen LogP contribution in [0.5, 0.6) is 5.75 Å². The third-order valence-corrected chi connectivity index (χ3v) is 7.55. The largest absolute Gasteiger partial charge is 0.489 e. The number of carbonyl (C=O) groups excluding carboxylic acids is 3. The van der Waals surface area contributed by atoms with E-state index in [-0.39, 0.29) is 29.7 Å². The predicted octanol–water partition coefficient (Wildman–Crippen LogP) is 2.00. The summed E-state index contributed by atoms with van der Waals surface area (Å²) >= 11 is 0. The van der Waals surface area contributed by atoms with Crippen molar-refractivity contribution in [3.63, 3.8) is 0 Å². The molecule has 0 saturated carbocycles. The Morgan fingerprint density at radius 2 is 1.89 bits per heavy atom. The van der Waals surface area contributed by atoms with Crippen molar-refractivity contribution in [1.29, 1.82) is 0 Å². The summed E-state index contributed by atoms with van der Waals surface area (Å²) in [6, 6.07) is 8.25. The van der Waals surface area contributed by atoms with Crippen LogP contribution in [0.3, 0.4) is 0 Å². The minimum absolute atomic E-state index is 0.111. The maximum atomic E-state index is 13.3. The smallest absolute Gasteiger partial charge is 0.236 e. The number of rotatable bonds is 4. The molecule has 3 aliphatic heterocycles. The average molecular weight is 483 g/mol. The molecule has 8 nitrogen and oxygen atoms in total. The molecular formula is C27H38N4O4. The zero-order chi connectivity index (χ0) is 24.8. The number of para-hydroxylation sites is 1. The van der Waals surface area contributed by atoms with Crippen molar-refractivity contribution in [2.45, 2.75) is 39.3 Å². The van der Waals surface area contributed by atoms with E-state index in [1.807, 2.05) is 34.1 Å².